The normalized spacial score (nSPS) is 16.5. The number of carboxylic acids is 3. The highest BCUT2D eigenvalue weighted by Gasteiger charge is 2.31. The van der Waals surface area contributed by atoms with Crippen molar-refractivity contribution < 1.29 is 34.2 Å². The van der Waals surface area contributed by atoms with E-state index in [9.17, 15) is 29.7 Å². The molecule has 0 aromatic heterocycles. The highest BCUT2D eigenvalue weighted by atomic mass is 16.4. The Bertz CT molecular complexity index is 515. The Morgan fingerprint density at radius 3 is 1.45 bits per heavy atom. The van der Waals surface area contributed by atoms with Crippen molar-refractivity contribution in [1.29, 1.82) is 0 Å². The molecule has 0 aliphatic rings. The number of carbonyl (C=O) groups is 3. The first kappa shape index (κ1) is 29.1. The molecule has 7 nitrogen and oxygen atoms in total. The lowest BCUT2D eigenvalue weighted by Gasteiger charge is -2.40. The largest absolute Gasteiger partial charge is 0.481 e. The molecular formula is C24H44NO6+. The Kier molecular flexibility index (Phi) is 14.9. The highest BCUT2D eigenvalue weighted by Crippen LogP contribution is 2.21. The van der Waals surface area contributed by atoms with Crippen molar-refractivity contribution in [1.82, 2.24) is 0 Å². The van der Waals surface area contributed by atoms with Gasteiger partial charge in [-0.1, -0.05) is 39.8 Å². The molecule has 0 saturated heterocycles. The second kappa shape index (κ2) is 15.8. The van der Waals surface area contributed by atoms with Crippen LogP contribution in [0.4, 0.5) is 0 Å². The molecule has 0 radical (unpaired) electrons. The van der Waals surface area contributed by atoms with Gasteiger partial charge in [-0.3, -0.25) is 14.4 Å². The number of nitrogens with zero attached hydrogens (tertiary/aromatic N) is 1. The molecule has 3 unspecified atom stereocenters. The molecule has 31 heavy (non-hydrogen) atoms. The number of unbranched alkanes of at least 4 members (excludes halogenated alkanes) is 3. The van der Waals surface area contributed by atoms with E-state index in [4.69, 9.17) is 0 Å². The van der Waals surface area contributed by atoms with Crippen molar-refractivity contribution >= 4 is 17.9 Å². The van der Waals surface area contributed by atoms with Crippen LogP contribution in [0.2, 0.25) is 0 Å². The van der Waals surface area contributed by atoms with E-state index in [-0.39, 0.29) is 0 Å². The average molecular weight is 443 g/mol. The summed E-state index contributed by atoms with van der Waals surface area (Å²) in [6.07, 6.45) is 11.0. The molecule has 3 N–H and O–H groups in total. The molecule has 7 heteroatoms. The fourth-order valence-corrected chi connectivity index (χ4v) is 3.61. The SMILES string of the molecule is CC/C=C/CCCCC[N+](CCC(C)C(=O)O)(CCC(C)C(=O)O)CCC(C)C(=O)O. The van der Waals surface area contributed by atoms with Crippen LogP contribution in [0.1, 0.15) is 79.1 Å². The van der Waals surface area contributed by atoms with E-state index in [0.29, 0.717) is 43.4 Å². The van der Waals surface area contributed by atoms with E-state index >= 15 is 0 Å². The zero-order chi connectivity index (χ0) is 23.9. The van der Waals surface area contributed by atoms with E-state index in [0.717, 1.165) is 38.6 Å². The van der Waals surface area contributed by atoms with Crippen LogP contribution >= 0.6 is 0 Å². The lowest BCUT2D eigenvalue weighted by molar-refractivity contribution is -0.929. The molecular weight excluding hydrogens is 398 g/mol. The molecule has 0 amide bonds. The minimum Gasteiger partial charge on any atom is -0.481 e. The minimum absolute atomic E-state index is 0.481. The number of allylic oxidation sites excluding steroid dienone is 2. The number of quaternary nitrogens is 1. The van der Waals surface area contributed by atoms with Crippen LogP contribution in [0.25, 0.3) is 0 Å². The standard InChI is InChI=1S/C24H43NO6/c1-5-6-7-8-9-10-11-15-25(16-12-19(2)22(26)27,17-13-20(3)23(28)29)18-14-21(4)24(30)31/h6-7,19-21H,5,8-18H2,1-4H3,(H2-,26,27,28,29,30,31)/p+1/b7-6+. The Morgan fingerprint density at radius 2 is 1.10 bits per heavy atom. The Balaban J connectivity index is 5.30. The fourth-order valence-electron chi connectivity index (χ4n) is 3.61. The molecule has 0 fully saturated rings. The smallest absolute Gasteiger partial charge is 0.306 e. The van der Waals surface area contributed by atoms with Gasteiger partial charge in [0.2, 0.25) is 0 Å². The van der Waals surface area contributed by atoms with Crippen molar-refractivity contribution in [2.45, 2.75) is 79.1 Å². The third-order valence-electron chi connectivity index (χ3n) is 6.28. The third kappa shape index (κ3) is 13.2. The zero-order valence-electron chi connectivity index (χ0n) is 19.9. The Labute approximate surface area is 187 Å². The van der Waals surface area contributed by atoms with Gasteiger partial charge >= 0.3 is 17.9 Å². The lowest BCUT2D eigenvalue weighted by Crippen LogP contribution is -2.52. The highest BCUT2D eigenvalue weighted by molar-refractivity contribution is 5.70. The summed E-state index contributed by atoms with van der Waals surface area (Å²) in [4.78, 5) is 34.0. The first-order valence-corrected chi connectivity index (χ1v) is 11.7. The van der Waals surface area contributed by atoms with Crippen LogP contribution in [0.5, 0.6) is 0 Å². The second-order valence-electron chi connectivity index (χ2n) is 9.05. The number of hydrogen-bond donors (Lipinski definition) is 3. The van der Waals surface area contributed by atoms with Gasteiger partial charge in [-0.2, -0.15) is 0 Å². The van der Waals surface area contributed by atoms with Gasteiger partial charge in [-0.15, -0.1) is 0 Å². The molecule has 0 saturated carbocycles. The summed E-state index contributed by atoms with van der Waals surface area (Å²) in [5.74, 6) is -3.95. The van der Waals surface area contributed by atoms with Gasteiger partial charge in [-0.25, -0.2) is 0 Å². The predicted molar refractivity (Wildman–Crippen MR) is 122 cm³/mol. The second-order valence-corrected chi connectivity index (χ2v) is 9.05. The summed E-state index contributed by atoms with van der Waals surface area (Å²) in [7, 11) is 0. The molecule has 0 bridgehead atoms. The summed E-state index contributed by atoms with van der Waals surface area (Å²) >= 11 is 0. The van der Waals surface area contributed by atoms with Crippen LogP contribution in [-0.4, -0.2) is 63.9 Å². The molecule has 0 aliphatic carbocycles. The number of hydrogen-bond acceptors (Lipinski definition) is 3. The number of rotatable bonds is 19. The zero-order valence-corrected chi connectivity index (χ0v) is 19.9. The van der Waals surface area contributed by atoms with Gasteiger partial charge in [0.15, 0.2) is 0 Å². The van der Waals surface area contributed by atoms with Gasteiger partial charge < -0.3 is 19.8 Å². The Hall–Kier alpha value is -1.89. The van der Waals surface area contributed by atoms with Crippen LogP contribution in [-0.2, 0) is 14.4 Å². The van der Waals surface area contributed by atoms with Gasteiger partial charge in [0, 0.05) is 19.3 Å². The summed E-state index contributed by atoms with van der Waals surface area (Å²) in [5, 5.41) is 27.9. The quantitative estimate of drug-likeness (QED) is 0.152. The van der Waals surface area contributed by atoms with E-state index < -0.39 is 35.7 Å². The fraction of sp³-hybridized carbons (Fsp3) is 0.792. The van der Waals surface area contributed by atoms with Crippen molar-refractivity contribution in [3.8, 4) is 0 Å². The molecule has 0 aliphatic heterocycles. The molecule has 0 heterocycles. The predicted octanol–water partition coefficient (Wildman–Crippen LogP) is 4.66. The van der Waals surface area contributed by atoms with E-state index in [1.165, 1.54) is 0 Å². The van der Waals surface area contributed by atoms with E-state index in [1.54, 1.807) is 20.8 Å². The van der Waals surface area contributed by atoms with Crippen LogP contribution < -0.4 is 0 Å². The van der Waals surface area contributed by atoms with Crippen molar-refractivity contribution in [3.05, 3.63) is 12.2 Å². The molecule has 3 atom stereocenters. The molecule has 180 valence electrons. The topological polar surface area (TPSA) is 112 Å². The minimum atomic E-state index is -0.835. The summed E-state index contributed by atoms with van der Waals surface area (Å²) in [6, 6.07) is 0. The van der Waals surface area contributed by atoms with E-state index in [1.807, 2.05) is 0 Å². The monoisotopic (exact) mass is 442 g/mol. The Morgan fingerprint density at radius 1 is 0.677 bits per heavy atom. The van der Waals surface area contributed by atoms with Crippen molar-refractivity contribution in [3.63, 3.8) is 0 Å². The van der Waals surface area contributed by atoms with Gasteiger partial charge in [0.25, 0.3) is 0 Å². The van der Waals surface area contributed by atoms with Crippen LogP contribution in [0.15, 0.2) is 12.2 Å². The number of carboxylic acid groups (broad SMARTS) is 3. The molecule has 0 aromatic rings. The molecule has 0 aromatic carbocycles. The third-order valence-corrected chi connectivity index (χ3v) is 6.28. The molecule has 0 rings (SSSR count). The first-order chi connectivity index (χ1) is 14.5. The van der Waals surface area contributed by atoms with Gasteiger partial charge in [0.05, 0.1) is 43.9 Å². The van der Waals surface area contributed by atoms with Crippen molar-refractivity contribution in [2.75, 3.05) is 26.2 Å². The summed E-state index contributed by atoms with van der Waals surface area (Å²) < 4.78 is 0.595. The van der Waals surface area contributed by atoms with Crippen LogP contribution in [0, 0.1) is 17.8 Å². The van der Waals surface area contributed by atoms with E-state index in [2.05, 4.69) is 19.1 Å². The van der Waals surface area contributed by atoms with Gasteiger partial charge in [0.1, 0.15) is 0 Å². The maximum Gasteiger partial charge on any atom is 0.306 e. The maximum absolute atomic E-state index is 11.3. The van der Waals surface area contributed by atoms with Crippen LogP contribution in [0.3, 0.4) is 0 Å². The summed E-state index contributed by atoms with van der Waals surface area (Å²) in [5.41, 5.74) is 0. The lowest BCUT2D eigenvalue weighted by atomic mass is 10.0. The first-order valence-electron chi connectivity index (χ1n) is 11.7. The van der Waals surface area contributed by atoms with Crippen molar-refractivity contribution in [2.24, 2.45) is 17.8 Å². The maximum atomic E-state index is 11.3. The number of aliphatic carboxylic acids is 3. The summed E-state index contributed by atoms with van der Waals surface area (Å²) in [6.45, 7) is 9.88. The average Bonchev–Trinajstić information content (AvgIpc) is 2.72. The molecule has 0 spiro atoms. The van der Waals surface area contributed by atoms with Gasteiger partial charge in [-0.05, 0) is 32.1 Å².